The molecule has 3 aromatic rings. The third kappa shape index (κ3) is 3.34. The van der Waals surface area contributed by atoms with Crippen molar-refractivity contribution in [2.45, 2.75) is 4.90 Å². The van der Waals surface area contributed by atoms with Gasteiger partial charge in [-0.25, -0.2) is 13.6 Å². The molecule has 0 spiro atoms. The highest BCUT2D eigenvalue weighted by molar-refractivity contribution is 7.89. The average molecular weight is 383 g/mol. The first-order valence-electron chi connectivity index (χ1n) is 8.17. The molecule has 7 heteroatoms. The monoisotopic (exact) mass is 383 g/mol. The van der Waals surface area contributed by atoms with Gasteiger partial charge in [0.1, 0.15) is 5.75 Å². The summed E-state index contributed by atoms with van der Waals surface area (Å²) < 4.78 is 39.4. The van der Waals surface area contributed by atoms with Gasteiger partial charge in [-0.1, -0.05) is 24.3 Å². The molecule has 0 fully saturated rings. The molecule has 27 heavy (non-hydrogen) atoms. The number of hydrogen-bond acceptors (Lipinski definition) is 5. The van der Waals surface area contributed by atoms with Gasteiger partial charge in [-0.15, -0.1) is 0 Å². The first-order chi connectivity index (χ1) is 13.0. The van der Waals surface area contributed by atoms with Crippen molar-refractivity contribution in [2.24, 2.45) is 5.14 Å². The van der Waals surface area contributed by atoms with Gasteiger partial charge in [0.15, 0.2) is 11.5 Å². The summed E-state index contributed by atoms with van der Waals surface area (Å²) in [5.74, 6) is 2.05. The summed E-state index contributed by atoms with van der Waals surface area (Å²) in [6.07, 6.45) is 0. The zero-order chi connectivity index (χ0) is 19.0. The second-order valence-corrected chi connectivity index (χ2v) is 7.61. The molecular formula is C20H17NO5S. The second-order valence-electron chi connectivity index (χ2n) is 6.05. The number of fused-ring (bicyclic) bond motifs is 1. The first kappa shape index (κ1) is 17.4. The molecule has 0 aliphatic carbocycles. The number of benzene rings is 3. The third-order valence-electron chi connectivity index (χ3n) is 4.39. The van der Waals surface area contributed by atoms with Crippen molar-refractivity contribution in [1.29, 1.82) is 0 Å². The number of rotatable bonds is 4. The van der Waals surface area contributed by atoms with Gasteiger partial charge in [-0.3, -0.25) is 0 Å². The summed E-state index contributed by atoms with van der Waals surface area (Å²) >= 11 is 0. The molecule has 0 atom stereocenters. The van der Waals surface area contributed by atoms with Crippen LogP contribution in [0.2, 0.25) is 0 Å². The average Bonchev–Trinajstić information content (AvgIpc) is 3.14. The maximum atomic E-state index is 11.5. The van der Waals surface area contributed by atoms with Gasteiger partial charge < -0.3 is 14.2 Å². The maximum absolute atomic E-state index is 11.5. The van der Waals surface area contributed by atoms with Crippen LogP contribution in [0.4, 0.5) is 0 Å². The van der Waals surface area contributed by atoms with Crippen LogP contribution in [-0.2, 0) is 10.0 Å². The van der Waals surface area contributed by atoms with Gasteiger partial charge >= 0.3 is 0 Å². The van der Waals surface area contributed by atoms with Crippen LogP contribution in [0, 0.1) is 0 Å². The van der Waals surface area contributed by atoms with E-state index in [0.29, 0.717) is 11.5 Å². The molecule has 3 aromatic carbocycles. The van der Waals surface area contributed by atoms with Crippen molar-refractivity contribution in [2.75, 3.05) is 13.9 Å². The molecule has 0 aromatic heterocycles. The molecule has 0 radical (unpaired) electrons. The molecule has 0 saturated heterocycles. The SMILES string of the molecule is COc1cccc(-c2cc3c(cc2-c2ccc(S(N)(=O)=O)cc2)OCO3)c1. The Labute approximate surface area is 157 Å². The van der Waals surface area contributed by atoms with Gasteiger partial charge in [0, 0.05) is 0 Å². The topological polar surface area (TPSA) is 87.9 Å². The Hall–Kier alpha value is -3.03. The van der Waals surface area contributed by atoms with Crippen LogP contribution in [0.25, 0.3) is 22.3 Å². The zero-order valence-electron chi connectivity index (χ0n) is 14.5. The van der Waals surface area contributed by atoms with E-state index in [0.717, 1.165) is 28.0 Å². The maximum Gasteiger partial charge on any atom is 0.238 e. The van der Waals surface area contributed by atoms with E-state index >= 15 is 0 Å². The molecular weight excluding hydrogens is 366 g/mol. The normalized spacial score (nSPS) is 12.8. The van der Waals surface area contributed by atoms with Crippen LogP contribution in [0.3, 0.4) is 0 Å². The first-order valence-corrected chi connectivity index (χ1v) is 9.71. The Balaban J connectivity index is 1.89. The summed E-state index contributed by atoms with van der Waals surface area (Å²) in [7, 11) is -2.13. The van der Waals surface area contributed by atoms with Crippen molar-refractivity contribution in [3.05, 3.63) is 60.7 Å². The van der Waals surface area contributed by atoms with E-state index in [2.05, 4.69) is 0 Å². The fourth-order valence-corrected chi connectivity index (χ4v) is 3.55. The lowest BCUT2D eigenvalue weighted by Crippen LogP contribution is -2.11. The fourth-order valence-electron chi connectivity index (χ4n) is 3.03. The quantitative estimate of drug-likeness (QED) is 0.746. The smallest absolute Gasteiger partial charge is 0.238 e. The molecule has 0 unspecified atom stereocenters. The highest BCUT2D eigenvalue weighted by Gasteiger charge is 2.19. The van der Waals surface area contributed by atoms with Gasteiger partial charge in [0.2, 0.25) is 16.8 Å². The largest absolute Gasteiger partial charge is 0.497 e. The number of sulfonamides is 1. The Morgan fingerprint density at radius 1 is 0.889 bits per heavy atom. The lowest BCUT2D eigenvalue weighted by Gasteiger charge is -2.13. The van der Waals surface area contributed by atoms with E-state index in [9.17, 15) is 8.42 Å². The van der Waals surface area contributed by atoms with Crippen molar-refractivity contribution in [3.8, 4) is 39.5 Å². The molecule has 0 bridgehead atoms. The van der Waals surface area contributed by atoms with Gasteiger partial charge in [-0.05, 0) is 58.7 Å². The van der Waals surface area contributed by atoms with E-state index in [1.54, 1.807) is 19.2 Å². The Morgan fingerprint density at radius 2 is 1.52 bits per heavy atom. The number of hydrogen-bond donors (Lipinski definition) is 1. The van der Waals surface area contributed by atoms with Gasteiger partial charge in [-0.2, -0.15) is 0 Å². The highest BCUT2D eigenvalue weighted by Crippen LogP contribution is 2.43. The molecule has 4 rings (SSSR count). The Bertz CT molecular complexity index is 1110. The minimum absolute atomic E-state index is 0.0647. The predicted molar refractivity (Wildman–Crippen MR) is 101 cm³/mol. The molecule has 2 N–H and O–H groups in total. The van der Waals surface area contributed by atoms with Gasteiger partial charge in [0.25, 0.3) is 0 Å². The van der Waals surface area contributed by atoms with Gasteiger partial charge in [0.05, 0.1) is 12.0 Å². The molecule has 1 heterocycles. The molecule has 1 aliphatic rings. The van der Waals surface area contributed by atoms with E-state index in [-0.39, 0.29) is 11.7 Å². The number of ether oxygens (including phenoxy) is 3. The molecule has 0 amide bonds. The van der Waals surface area contributed by atoms with E-state index in [1.165, 1.54) is 12.1 Å². The fraction of sp³-hybridized carbons (Fsp3) is 0.100. The van der Waals surface area contributed by atoms with Crippen LogP contribution < -0.4 is 19.3 Å². The standard InChI is InChI=1S/C20H17NO5S/c1-24-15-4-2-3-14(9-15)18-11-20-19(25-12-26-20)10-17(18)13-5-7-16(8-6-13)27(21,22)23/h2-11H,12H2,1H3,(H2,21,22,23). The lowest BCUT2D eigenvalue weighted by molar-refractivity contribution is 0.174. The number of nitrogens with two attached hydrogens (primary N) is 1. The highest BCUT2D eigenvalue weighted by atomic mass is 32.2. The molecule has 0 saturated carbocycles. The van der Waals surface area contributed by atoms with E-state index in [4.69, 9.17) is 19.3 Å². The minimum Gasteiger partial charge on any atom is -0.497 e. The number of primary sulfonamides is 1. The lowest BCUT2D eigenvalue weighted by atomic mass is 9.94. The molecule has 1 aliphatic heterocycles. The van der Waals surface area contributed by atoms with Crippen molar-refractivity contribution >= 4 is 10.0 Å². The Kier molecular flexibility index (Phi) is 4.25. The van der Waals surface area contributed by atoms with Crippen LogP contribution in [-0.4, -0.2) is 22.3 Å². The summed E-state index contributed by atoms with van der Waals surface area (Å²) in [5, 5.41) is 5.19. The second kappa shape index (κ2) is 6.61. The van der Waals surface area contributed by atoms with E-state index < -0.39 is 10.0 Å². The Morgan fingerprint density at radius 3 is 2.11 bits per heavy atom. The van der Waals surface area contributed by atoms with Crippen molar-refractivity contribution in [1.82, 2.24) is 0 Å². The number of methoxy groups -OCH3 is 1. The summed E-state index contributed by atoms with van der Waals surface area (Å²) in [4.78, 5) is 0.0647. The molecule has 6 nitrogen and oxygen atoms in total. The van der Waals surface area contributed by atoms with Crippen molar-refractivity contribution in [3.63, 3.8) is 0 Å². The van der Waals surface area contributed by atoms with E-state index in [1.807, 2.05) is 36.4 Å². The summed E-state index contributed by atoms with van der Waals surface area (Å²) in [5.41, 5.74) is 3.58. The summed E-state index contributed by atoms with van der Waals surface area (Å²) in [6.45, 7) is 0.167. The van der Waals surface area contributed by atoms with Crippen LogP contribution in [0.5, 0.6) is 17.2 Å². The van der Waals surface area contributed by atoms with Crippen LogP contribution in [0.1, 0.15) is 0 Å². The minimum atomic E-state index is -3.74. The molecule has 138 valence electrons. The van der Waals surface area contributed by atoms with Crippen LogP contribution >= 0.6 is 0 Å². The van der Waals surface area contributed by atoms with Crippen LogP contribution in [0.15, 0.2) is 65.6 Å². The zero-order valence-corrected chi connectivity index (χ0v) is 15.3. The third-order valence-corrected chi connectivity index (χ3v) is 5.32. The van der Waals surface area contributed by atoms with Crippen molar-refractivity contribution < 1.29 is 22.6 Å². The predicted octanol–water partition coefficient (Wildman–Crippen LogP) is 3.41. The summed E-state index contributed by atoms with van der Waals surface area (Å²) in [6, 6.07) is 17.9.